The molecule has 4 nitrogen and oxygen atoms in total. The van der Waals surface area contributed by atoms with E-state index in [2.05, 4.69) is 10.3 Å². The maximum Gasteiger partial charge on any atom is 0.416 e. The first-order valence-corrected chi connectivity index (χ1v) is 8.12. The van der Waals surface area contributed by atoms with E-state index in [0.29, 0.717) is 16.8 Å². The van der Waals surface area contributed by atoms with Gasteiger partial charge in [0.25, 0.3) is 5.56 Å². The van der Waals surface area contributed by atoms with Crippen molar-refractivity contribution in [2.45, 2.75) is 25.7 Å². The lowest BCUT2D eigenvalue weighted by molar-refractivity contribution is -0.137. The number of nitrogens with one attached hydrogen (secondary N) is 1. The largest absolute Gasteiger partial charge is 0.416 e. The maximum atomic E-state index is 12.9. The summed E-state index contributed by atoms with van der Waals surface area (Å²) >= 11 is 0. The molecule has 0 spiro atoms. The van der Waals surface area contributed by atoms with E-state index in [9.17, 15) is 18.0 Å². The quantitative estimate of drug-likeness (QED) is 0.769. The molecule has 0 unspecified atom stereocenters. The minimum absolute atomic E-state index is 0.162. The van der Waals surface area contributed by atoms with Crippen molar-refractivity contribution in [1.82, 2.24) is 14.9 Å². The fourth-order valence-electron chi connectivity index (χ4n) is 2.81. The third-order valence-corrected chi connectivity index (χ3v) is 4.34. The molecule has 0 fully saturated rings. The van der Waals surface area contributed by atoms with Crippen molar-refractivity contribution in [3.05, 3.63) is 75.7 Å². The molecular weight excluding hydrogens is 343 g/mol. The van der Waals surface area contributed by atoms with Gasteiger partial charge < -0.3 is 9.88 Å². The second-order valence-corrected chi connectivity index (χ2v) is 6.14. The molecule has 1 aromatic heterocycles. The molecular formula is C19H18F3N3O. The van der Waals surface area contributed by atoms with Gasteiger partial charge in [-0.05, 0) is 36.8 Å². The smallest absolute Gasteiger partial charge is 0.308 e. The van der Waals surface area contributed by atoms with E-state index in [1.165, 1.54) is 10.6 Å². The Kier molecular flexibility index (Phi) is 4.82. The van der Waals surface area contributed by atoms with Crippen LogP contribution in [-0.2, 0) is 19.8 Å². The Morgan fingerprint density at radius 1 is 1.15 bits per heavy atom. The van der Waals surface area contributed by atoms with Crippen LogP contribution in [0.2, 0.25) is 0 Å². The van der Waals surface area contributed by atoms with E-state index in [4.69, 9.17) is 0 Å². The van der Waals surface area contributed by atoms with Gasteiger partial charge in [-0.2, -0.15) is 13.2 Å². The highest BCUT2D eigenvalue weighted by Gasteiger charge is 2.30. The number of aryl methyl sites for hydroxylation is 1. The van der Waals surface area contributed by atoms with Gasteiger partial charge in [-0.3, -0.25) is 4.79 Å². The lowest BCUT2D eigenvalue weighted by Crippen LogP contribution is -2.28. The Morgan fingerprint density at radius 2 is 1.88 bits per heavy atom. The van der Waals surface area contributed by atoms with Crippen molar-refractivity contribution in [3.8, 4) is 0 Å². The summed E-state index contributed by atoms with van der Waals surface area (Å²) in [4.78, 5) is 16.8. The zero-order chi connectivity index (χ0) is 18.9. The number of nitrogens with zero attached hydrogens (tertiary/aromatic N) is 2. The number of benzene rings is 2. The molecule has 1 heterocycles. The number of para-hydroxylation sites is 2. The van der Waals surface area contributed by atoms with Gasteiger partial charge in [0.05, 0.1) is 16.6 Å². The summed E-state index contributed by atoms with van der Waals surface area (Å²) in [5.74, 6) is 0. The fourth-order valence-corrected chi connectivity index (χ4v) is 2.81. The van der Waals surface area contributed by atoms with Gasteiger partial charge in [0.2, 0.25) is 0 Å². The predicted octanol–water partition coefficient (Wildman–Crippen LogP) is 3.80. The van der Waals surface area contributed by atoms with Crippen LogP contribution in [0.4, 0.5) is 13.2 Å². The third-order valence-electron chi connectivity index (χ3n) is 4.34. The minimum Gasteiger partial charge on any atom is -0.308 e. The molecule has 0 saturated heterocycles. The Hall–Kier alpha value is -2.67. The molecule has 3 rings (SSSR count). The molecule has 1 atom stereocenters. The zero-order valence-corrected chi connectivity index (χ0v) is 14.3. The summed E-state index contributed by atoms with van der Waals surface area (Å²) in [6, 6.07) is 12.1. The van der Waals surface area contributed by atoms with Crippen LogP contribution in [0, 0.1) is 0 Å². The van der Waals surface area contributed by atoms with Gasteiger partial charge in [-0.25, -0.2) is 4.98 Å². The maximum absolute atomic E-state index is 12.9. The van der Waals surface area contributed by atoms with Crippen LogP contribution in [0.1, 0.15) is 29.8 Å². The number of alkyl halides is 3. The van der Waals surface area contributed by atoms with E-state index in [1.807, 2.05) is 24.3 Å². The molecule has 3 aromatic rings. The van der Waals surface area contributed by atoms with Crippen molar-refractivity contribution in [3.63, 3.8) is 0 Å². The van der Waals surface area contributed by atoms with Crippen LogP contribution in [-0.4, -0.2) is 9.55 Å². The van der Waals surface area contributed by atoms with Crippen molar-refractivity contribution in [1.29, 1.82) is 0 Å². The van der Waals surface area contributed by atoms with E-state index in [-0.39, 0.29) is 18.1 Å². The van der Waals surface area contributed by atoms with Crippen molar-refractivity contribution in [2.24, 2.45) is 7.05 Å². The van der Waals surface area contributed by atoms with E-state index < -0.39 is 11.7 Å². The molecule has 0 saturated carbocycles. The number of fused-ring (bicyclic) bond motifs is 1. The molecule has 7 heteroatoms. The van der Waals surface area contributed by atoms with E-state index in [0.717, 1.165) is 17.6 Å². The summed E-state index contributed by atoms with van der Waals surface area (Å²) < 4.78 is 40.1. The predicted molar refractivity (Wildman–Crippen MR) is 93.7 cm³/mol. The van der Waals surface area contributed by atoms with Gasteiger partial charge in [-0.15, -0.1) is 0 Å². The number of aromatic nitrogens is 2. The first-order chi connectivity index (χ1) is 12.3. The summed E-state index contributed by atoms with van der Waals surface area (Å²) in [6.07, 6.45) is -4.38. The van der Waals surface area contributed by atoms with Gasteiger partial charge in [0, 0.05) is 19.6 Å². The molecule has 2 aromatic carbocycles. The molecule has 0 amide bonds. The minimum atomic E-state index is -4.38. The van der Waals surface area contributed by atoms with E-state index >= 15 is 0 Å². The van der Waals surface area contributed by atoms with Crippen LogP contribution in [0.25, 0.3) is 11.0 Å². The van der Waals surface area contributed by atoms with Gasteiger partial charge in [0.15, 0.2) is 0 Å². The van der Waals surface area contributed by atoms with Crippen LogP contribution in [0.3, 0.4) is 0 Å². The topological polar surface area (TPSA) is 46.9 Å². The lowest BCUT2D eigenvalue weighted by atomic mass is 10.0. The highest BCUT2D eigenvalue weighted by atomic mass is 19.4. The Bertz CT molecular complexity index is 995. The Morgan fingerprint density at radius 3 is 2.62 bits per heavy atom. The van der Waals surface area contributed by atoms with Crippen LogP contribution >= 0.6 is 0 Å². The van der Waals surface area contributed by atoms with Crippen molar-refractivity contribution in [2.75, 3.05) is 0 Å². The second-order valence-electron chi connectivity index (χ2n) is 6.14. The molecule has 0 radical (unpaired) electrons. The number of halogens is 3. The van der Waals surface area contributed by atoms with Crippen LogP contribution < -0.4 is 10.9 Å². The molecule has 1 N–H and O–H groups in total. The average Bonchev–Trinajstić information content (AvgIpc) is 2.62. The van der Waals surface area contributed by atoms with E-state index in [1.54, 1.807) is 20.0 Å². The summed E-state index contributed by atoms with van der Waals surface area (Å²) in [5.41, 5.74) is 1.32. The molecule has 0 aliphatic rings. The van der Waals surface area contributed by atoms with Crippen LogP contribution in [0.5, 0.6) is 0 Å². The lowest BCUT2D eigenvalue weighted by Gasteiger charge is -2.16. The Balaban J connectivity index is 1.82. The van der Waals surface area contributed by atoms with Gasteiger partial charge in [-0.1, -0.05) is 24.3 Å². The summed E-state index contributed by atoms with van der Waals surface area (Å²) in [6.45, 7) is 1.91. The SMILES string of the molecule is C[C@H](NCc1nc2ccccc2n(C)c1=O)c1cccc(C(F)(F)F)c1. The van der Waals surface area contributed by atoms with Crippen molar-refractivity contribution < 1.29 is 13.2 Å². The summed E-state index contributed by atoms with van der Waals surface area (Å²) in [5, 5.41) is 3.08. The first-order valence-electron chi connectivity index (χ1n) is 8.12. The van der Waals surface area contributed by atoms with Crippen LogP contribution in [0.15, 0.2) is 53.3 Å². The Labute approximate surface area is 148 Å². The number of rotatable bonds is 4. The zero-order valence-electron chi connectivity index (χ0n) is 14.3. The van der Waals surface area contributed by atoms with Gasteiger partial charge >= 0.3 is 6.18 Å². The average molecular weight is 361 g/mol. The molecule has 26 heavy (non-hydrogen) atoms. The fraction of sp³-hybridized carbons (Fsp3) is 0.263. The summed E-state index contributed by atoms with van der Waals surface area (Å²) in [7, 11) is 1.67. The van der Waals surface area contributed by atoms with Crippen molar-refractivity contribution >= 4 is 11.0 Å². The highest BCUT2D eigenvalue weighted by Crippen LogP contribution is 2.30. The molecule has 0 aliphatic carbocycles. The number of hydrogen-bond acceptors (Lipinski definition) is 3. The number of hydrogen-bond donors (Lipinski definition) is 1. The monoisotopic (exact) mass is 361 g/mol. The highest BCUT2D eigenvalue weighted by molar-refractivity contribution is 5.74. The molecule has 0 aliphatic heterocycles. The normalized spacial score (nSPS) is 13.1. The van der Waals surface area contributed by atoms with Gasteiger partial charge in [0.1, 0.15) is 5.69 Å². The standard InChI is InChI=1S/C19H18F3N3O/c1-12(13-6-5-7-14(10-13)19(20,21)22)23-11-16-18(26)25(2)17-9-4-3-8-15(17)24-16/h3-10,12,23H,11H2,1-2H3/t12-/m0/s1. The molecule has 136 valence electrons. The first kappa shape index (κ1) is 18.1. The second kappa shape index (κ2) is 6.92. The third kappa shape index (κ3) is 3.62. The molecule has 0 bridgehead atoms.